The van der Waals surface area contributed by atoms with Crippen molar-refractivity contribution in [2.75, 3.05) is 5.32 Å². The minimum atomic E-state index is -0.345. The molecule has 0 aliphatic carbocycles. The largest absolute Gasteiger partial charge is 0.508 e. The summed E-state index contributed by atoms with van der Waals surface area (Å²) in [5.74, 6) is 0.920. The van der Waals surface area contributed by atoms with Gasteiger partial charge in [-0.1, -0.05) is 29.8 Å². The molecule has 0 bridgehead atoms. The van der Waals surface area contributed by atoms with E-state index in [1.807, 2.05) is 16.8 Å². The van der Waals surface area contributed by atoms with Crippen LogP contribution in [0, 0.1) is 6.92 Å². The smallest absolute Gasteiger partial charge is 0.359 e. The number of aromatic nitrogens is 2. The highest BCUT2D eigenvalue weighted by atomic mass is 32.1. The minimum Gasteiger partial charge on any atom is -0.508 e. The summed E-state index contributed by atoms with van der Waals surface area (Å²) < 4.78 is 1.68. The molecule has 0 saturated heterocycles. The van der Waals surface area contributed by atoms with E-state index >= 15 is 0 Å². The number of anilines is 1. The highest BCUT2D eigenvalue weighted by molar-refractivity contribution is 7.08. The Labute approximate surface area is 178 Å². The van der Waals surface area contributed by atoms with Gasteiger partial charge in [0, 0.05) is 22.9 Å². The van der Waals surface area contributed by atoms with Crippen molar-refractivity contribution in [3.8, 4) is 28.3 Å². The third-order valence-electron chi connectivity index (χ3n) is 5.31. The van der Waals surface area contributed by atoms with Gasteiger partial charge in [0.25, 0.3) is 0 Å². The molecule has 6 heteroatoms. The van der Waals surface area contributed by atoms with Crippen LogP contribution in [0.25, 0.3) is 22.5 Å². The number of nitrogens with zero attached hydrogens (tertiary/aromatic N) is 2. The average molecular weight is 415 g/mol. The van der Waals surface area contributed by atoms with Crippen molar-refractivity contribution >= 4 is 23.1 Å². The lowest BCUT2D eigenvalue weighted by Crippen LogP contribution is -2.43. The second-order valence-electron chi connectivity index (χ2n) is 7.48. The van der Waals surface area contributed by atoms with Gasteiger partial charge in [0.1, 0.15) is 17.6 Å². The third-order valence-corrected chi connectivity index (χ3v) is 6.00. The number of aryl methyl sites for hydroxylation is 1. The zero-order valence-electron chi connectivity index (χ0n) is 16.4. The van der Waals surface area contributed by atoms with E-state index in [0.29, 0.717) is 12.1 Å². The Hall–Kier alpha value is -3.51. The molecule has 5 nitrogen and oxygen atoms in total. The fraction of sp³-hybridized carbons (Fsp3) is 0.125. The molecule has 0 fully saturated rings. The molecule has 2 aromatic carbocycles. The van der Waals surface area contributed by atoms with Gasteiger partial charge in [0.2, 0.25) is 0 Å². The van der Waals surface area contributed by atoms with E-state index in [2.05, 4.69) is 36.5 Å². The second-order valence-corrected chi connectivity index (χ2v) is 8.26. The van der Waals surface area contributed by atoms with Crippen molar-refractivity contribution in [1.82, 2.24) is 4.98 Å². The maximum Gasteiger partial charge on any atom is 0.359 e. The molecule has 0 saturated carbocycles. The number of aromatic hydroxyl groups is 1. The number of nitrogens with one attached hydrogen (secondary N) is 1. The number of thiophene rings is 1. The first kappa shape index (κ1) is 18.5. The summed E-state index contributed by atoms with van der Waals surface area (Å²) in [6.07, 6.45) is 2.39. The predicted octanol–water partition coefficient (Wildman–Crippen LogP) is 4.46. The quantitative estimate of drug-likeness (QED) is 0.484. The van der Waals surface area contributed by atoms with Gasteiger partial charge in [-0.15, -0.1) is 0 Å². The summed E-state index contributed by atoms with van der Waals surface area (Å²) in [4.78, 5) is 18.1. The van der Waals surface area contributed by atoms with E-state index in [4.69, 9.17) is 4.98 Å². The van der Waals surface area contributed by atoms with Crippen molar-refractivity contribution in [2.24, 2.45) is 0 Å². The SMILES string of the molecule is Cc1ccc(CC2Nc3c(-c4ccsc4)nc(-c4ccc(O)cc4)c[n+]3C2=O)cc1. The fourth-order valence-electron chi connectivity index (χ4n) is 3.68. The van der Waals surface area contributed by atoms with Crippen molar-refractivity contribution in [3.05, 3.63) is 82.7 Å². The Bertz CT molecular complexity index is 1220. The number of hydrogen-bond acceptors (Lipinski definition) is 5. The van der Waals surface area contributed by atoms with Gasteiger partial charge < -0.3 is 5.11 Å². The summed E-state index contributed by atoms with van der Waals surface area (Å²) in [5.41, 5.74) is 5.57. The summed E-state index contributed by atoms with van der Waals surface area (Å²) in [7, 11) is 0. The van der Waals surface area contributed by atoms with Crippen molar-refractivity contribution < 1.29 is 14.5 Å². The van der Waals surface area contributed by atoms with E-state index in [9.17, 15) is 9.90 Å². The van der Waals surface area contributed by atoms with Crippen LogP contribution in [0.15, 0.2) is 71.6 Å². The first-order chi connectivity index (χ1) is 14.6. The van der Waals surface area contributed by atoms with E-state index in [1.165, 1.54) is 5.56 Å². The molecule has 0 radical (unpaired) electrons. The van der Waals surface area contributed by atoms with Crippen LogP contribution in [0.3, 0.4) is 0 Å². The number of benzene rings is 2. The number of carbonyl (C=O) groups is 1. The molecule has 1 atom stereocenters. The number of phenols is 1. The number of rotatable bonds is 4. The van der Waals surface area contributed by atoms with Crippen LogP contribution in [0.4, 0.5) is 5.82 Å². The summed E-state index contributed by atoms with van der Waals surface area (Å²) in [6.45, 7) is 2.05. The molecular formula is C24H20N3O2S+. The number of fused-ring (bicyclic) bond motifs is 1. The molecule has 5 rings (SSSR count). The monoisotopic (exact) mass is 414 g/mol. The molecule has 1 unspecified atom stereocenters. The van der Waals surface area contributed by atoms with E-state index in [0.717, 1.165) is 28.2 Å². The zero-order chi connectivity index (χ0) is 20.7. The maximum absolute atomic E-state index is 13.3. The molecule has 3 heterocycles. The van der Waals surface area contributed by atoms with E-state index in [-0.39, 0.29) is 17.7 Å². The van der Waals surface area contributed by atoms with Crippen LogP contribution in [-0.4, -0.2) is 22.0 Å². The van der Waals surface area contributed by atoms with Gasteiger partial charge >= 0.3 is 11.7 Å². The summed E-state index contributed by atoms with van der Waals surface area (Å²) in [6, 6.07) is 16.8. The first-order valence-electron chi connectivity index (χ1n) is 9.73. The molecule has 2 aromatic heterocycles. The third kappa shape index (κ3) is 3.35. The molecule has 0 spiro atoms. The molecule has 1 aliphatic heterocycles. The highest BCUT2D eigenvalue weighted by Crippen LogP contribution is 2.31. The molecule has 30 heavy (non-hydrogen) atoms. The summed E-state index contributed by atoms with van der Waals surface area (Å²) in [5, 5.41) is 17.0. The topological polar surface area (TPSA) is 66.1 Å². The first-order valence-corrected chi connectivity index (χ1v) is 10.7. The second kappa shape index (κ2) is 7.39. The average Bonchev–Trinajstić information content (AvgIpc) is 3.39. The van der Waals surface area contributed by atoms with Crippen LogP contribution in [0.1, 0.15) is 15.9 Å². The predicted molar refractivity (Wildman–Crippen MR) is 118 cm³/mol. The van der Waals surface area contributed by atoms with Gasteiger partial charge in [-0.25, -0.2) is 9.78 Å². The number of carbonyl (C=O) groups excluding carboxylic acids is 1. The molecule has 2 N–H and O–H groups in total. The van der Waals surface area contributed by atoms with Crippen molar-refractivity contribution in [3.63, 3.8) is 0 Å². The van der Waals surface area contributed by atoms with Gasteiger partial charge in [-0.2, -0.15) is 15.9 Å². The molecular weight excluding hydrogens is 394 g/mol. The van der Waals surface area contributed by atoms with Crippen LogP contribution in [0.2, 0.25) is 0 Å². The zero-order valence-corrected chi connectivity index (χ0v) is 17.2. The van der Waals surface area contributed by atoms with Crippen molar-refractivity contribution in [1.29, 1.82) is 0 Å². The van der Waals surface area contributed by atoms with E-state index < -0.39 is 0 Å². The number of phenolic OH excluding ortho intramolecular Hbond substituents is 1. The molecule has 0 amide bonds. The van der Waals surface area contributed by atoms with Crippen LogP contribution < -0.4 is 9.88 Å². The van der Waals surface area contributed by atoms with Gasteiger partial charge in [-0.3, -0.25) is 5.32 Å². The number of hydrogen-bond donors (Lipinski definition) is 2. The highest BCUT2D eigenvalue weighted by Gasteiger charge is 2.41. The van der Waals surface area contributed by atoms with E-state index in [1.54, 1.807) is 46.4 Å². The van der Waals surface area contributed by atoms with Gasteiger partial charge in [-0.05, 0) is 48.2 Å². The maximum atomic E-state index is 13.3. The lowest BCUT2D eigenvalue weighted by atomic mass is 10.0. The Morgan fingerprint density at radius 1 is 1.07 bits per heavy atom. The standard InChI is InChI=1S/C24H19N3O2S/c1-15-2-4-16(5-3-15)12-20-24(29)27-13-21(17-6-8-19(28)9-7-17)25-22(23(27)26-20)18-10-11-30-14-18/h2-11,13-14,20,28H,12H2,1H3/p+1. The Kier molecular flexibility index (Phi) is 4.56. The van der Waals surface area contributed by atoms with Gasteiger partial charge in [0.05, 0.1) is 0 Å². The lowest BCUT2D eigenvalue weighted by Gasteiger charge is -2.06. The molecule has 4 aromatic rings. The Balaban J connectivity index is 1.57. The molecule has 1 aliphatic rings. The van der Waals surface area contributed by atoms with Gasteiger partial charge in [0.15, 0.2) is 11.7 Å². The van der Waals surface area contributed by atoms with Crippen LogP contribution >= 0.6 is 11.3 Å². The normalized spacial score (nSPS) is 15.1. The summed E-state index contributed by atoms with van der Waals surface area (Å²) >= 11 is 1.59. The molecule has 148 valence electrons. The van der Waals surface area contributed by atoms with Crippen LogP contribution in [0.5, 0.6) is 5.75 Å². The Morgan fingerprint density at radius 3 is 2.53 bits per heavy atom. The minimum absolute atomic E-state index is 0.00415. The Morgan fingerprint density at radius 2 is 1.83 bits per heavy atom. The lowest BCUT2D eigenvalue weighted by molar-refractivity contribution is -0.551. The van der Waals surface area contributed by atoms with Crippen molar-refractivity contribution in [2.45, 2.75) is 19.4 Å². The van der Waals surface area contributed by atoms with Crippen LogP contribution in [-0.2, 0) is 6.42 Å². The fourth-order valence-corrected chi connectivity index (χ4v) is 4.32.